The molecule has 1 spiro atoms. The highest BCUT2D eigenvalue weighted by Crippen LogP contribution is 2.50. The summed E-state index contributed by atoms with van der Waals surface area (Å²) in [5, 5.41) is 20.6. The maximum absolute atomic E-state index is 10.0. The van der Waals surface area contributed by atoms with Crippen LogP contribution >= 0.6 is 23.4 Å². The van der Waals surface area contributed by atoms with Gasteiger partial charge in [-0.2, -0.15) is 5.26 Å². The van der Waals surface area contributed by atoms with Gasteiger partial charge in [0.1, 0.15) is 16.8 Å². The highest BCUT2D eigenvalue weighted by Gasteiger charge is 2.42. The van der Waals surface area contributed by atoms with Crippen molar-refractivity contribution in [2.75, 3.05) is 18.0 Å². The fourth-order valence-corrected chi connectivity index (χ4v) is 6.24. The summed E-state index contributed by atoms with van der Waals surface area (Å²) in [5.74, 6) is 1.60. The average Bonchev–Trinajstić information content (AvgIpc) is 3.09. The fourth-order valence-electron chi connectivity index (χ4n) is 5.00. The van der Waals surface area contributed by atoms with Crippen LogP contribution in [0, 0.1) is 29.6 Å². The van der Waals surface area contributed by atoms with Gasteiger partial charge in [0.15, 0.2) is 5.82 Å². The molecule has 2 fully saturated rings. The van der Waals surface area contributed by atoms with Crippen molar-refractivity contribution in [3.8, 4) is 6.07 Å². The van der Waals surface area contributed by atoms with Crippen molar-refractivity contribution in [3.63, 3.8) is 0 Å². The van der Waals surface area contributed by atoms with Crippen LogP contribution in [0.15, 0.2) is 28.1 Å². The highest BCUT2D eigenvalue weighted by atomic mass is 35.5. The first-order valence-corrected chi connectivity index (χ1v) is 11.8. The van der Waals surface area contributed by atoms with Crippen molar-refractivity contribution < 1.29 is 5.11 Å². The summed E-state index contributed by atoms with van der Waals surface area (Å²) in [7, 11) is 0. The molecule has 0 radical (unpaired) electrons. The number of halogens is 1. The Morgan fingerprint density at radius 2 is 2.07 bits per heavy atom. The number of benzene rings is 1. The van der Waals surface area contributed by atoms with Crippen LogP contribution in [0.2, 0.25) is 5.02 Å². The van der Waals surface area contributed by atoms with E-state index in [1.165, 1.54) is 43.9 Å². The molecular weight excluding hydrogens is 416 g/mol. The summed E-state index contributed by atoms with van der Waals surface area (Å²) in [5.41, 5.74) is 2.32. The van der Waals surface area contributed by atoms with E-state index in [1.807, 2.05) is 19.1 Å². The van der Waals surface area contributed by atoms with Gasteiger partial charge in [0.25, 0.3) is 0 Å². The Balaban J connectivity index is 1.58. The number of nitrogens with zero attached hydrogens (tertiary/aromatic N) is 4. The molecule has 2 aromatic rings. The van der Waals surface area contributed by atoms with Gasteiger partial charge in [-0.15, -0.1) is 0 Å². The van der Waals surface area contributed by atoms with Gasteiger partial charge in [-0.3, -0.25) is 0 Å². The molecule has 2 aliphatic rings. The van der Waals surface area contributed by atoms with Crippen molar-refractivity contribution >= 4 is 29.2 Å². The smallest absolute Gasteiger partial charge is 0.153 e. The van der Waals surface area contributed by atoms with Gasteiger partial charge in [-0.1, -0.05) is 49.2 Å². The molecule has 1 atom stereocenters. The van der Waals surface area contributed by atoms with E-state index >= 15 is 0 Å². The summed E-state index contributed by atoms with van der Waals surface area (Å²) in [6.45, 7) is 6.11. The number of piperidine rings is 1. The third kappa shape index (κ3) is 3.91. The van der Waals surface area contributed by atoms with Crippen molar-refractivity contribution in [1.29, 1.82) is 5.26 Å². The standard InChI is InChI=1S/C23H27ClN4OS/c1-15-5-4-8-23(15)9-11-28(12-10-23)21-19(14-29)27-22(16(2)26-21)30-20-7-3-6-18(24)17(20)13-25/h3,6-7,15,29H,4-5,8-12,14H2,1-2H3/t15-/m1/s1. The first-order valence-electron chi connectivity index (χ1n) is 10.6. The minimum Gasteiger partial charge on any atom is -0.390 e. The molecule has 1 N–H and O–H groups in total. The van der Waals surface area contributed by atoms with E-state index in [1.54, 1.807) is 6.07 Å². The van der Waals surface area contributed by atoms with Gasteiger partial charge < -0.3 is 10.0 Å². The van der Waals surface area contributed by atoms with Crippen molar-refractivity contribution in [2.24, 2.45) is 11.3 Å². The largest absolute Gasteiger partial charge is 0.390 e. The maximum Gasteiger partial charge on any atom is 0.153 e. The Bertz CT molecular complexity index is 982. The Morgan fingerprint density at radius 1 is 1.30 bits per heavy atom. The second kappa shape index (κ2) is 8.74. The molecule has 1 aromatic carbocycles. The monoisotopic (exact) mass is 442 g/mol. The summed E-state index contributed by atoms with van der Waals surface area (Å²) in [6.07, 6.45) is 6.41. The van der Waals surface area contributed by atoms with Crippen LogP contribution in [0.3, 0.4) is 0 Å². The molecule has 5 nitrogen and oxygen atoms in total. The van der Waals surface area contributed by atoms with Gasteiger partial charge in [0.05, 0.1) is 22.9 Å². The van der Waals surface area contributed by atoms with Gasteiger partial charge in [-0.25, -0.2) is 9.97 Å². The van der Waals surface area contributed by atoms with Crippen LogP contribution < -0.4 is 4.90 Å². The number of hydrogen-bond acceptors (Lipinski definition) is 6. The zero-order valence-corrected chi connectivity index (χ0v) is 19.1. The Kier molecular flexibility index (Phi) is 6.24. The first-order chi connectivity index (χ1) is 14.5. The predicted molar refractivity (Wildman–Crippen MR) is 120 cm³/mol. The first kappa shape index (κ1) is 21.4. The van der Waals surface area contributed by atoms with E-state index < -0.39 is 0 Å². The van der Waals surface area contributed by atoms with Crippen LogP contribution in [-0.2, 0) is 6.61 Å². The van der Waals surface area contributed by atoms with E-state index in [9.17, 15) is 10.4 Å². The number of hydrogen-bond donors (Lipinski definition) is 1. The number of aromatic nitrogens is 2. The third-order valence-electron chi connectivity index (χ3n) is 6.94. The number of aryl methyl sites for hydroxylation is 1. The molecule has 0 unspecified atom stereocenters. The molecule has 30 heavy (non-hydrogen) atoms. The lowest BCUT2D eigenvalue weighted by Gasteiger charge is -2.43. The number of nitriles is 1. The number of anilines is 1. The molecule has 1 aromatic heterocycles. The lowest BCUT2D eigenvalue weighted by molar-refractivity contribution is 0.161. The SMILES string of the molecule is Cc1nc(N2CCC3(CCC[C@H]3C)CC2)c(CO)nc1Sc1cccc(Cl)c1C#N. The normalized spacial score (nSPS) is 20.5. The topological polar surface area (TPSA) is 73.0 Å². The molecule has 1 saturated heterocycles. The molecule has 0 amide bonds. The van der Waals surface area contributed by atoms with Crippen molar-refractivity contribution in [1.82, 2.24) is 9.97 Å². The zero-order valence-electron chi connectivity index (χ0n) is 17.5. The van der Waals surface area contributed by atoms with Gasteiger partial charge >= 0.3 is 0 Å². The molecule has 4 rings (SSSR count). The van der Waals surface area contributed by atoms with Crippen LogP contribution in [0.25, 0.3) is 0 Å². The van der Waals surface area contributed by atoms with E-state index in [0.29, 0.717) is 26.7 Å². The van der Waals surface area contributed by atoms with Crippen LogP contribution in [0.1, 0.15) is 56.0 Å². The van der Waals surface area contributed by atoms with E-state index in [4.69, 9.17) is 21.6 Å². The highest BCUT2D eigenvalue weighted by molar-refractivity contribution is 7.99. The maximum atomic E-state index is 10.0. The molecular formula is C23H27ClN4OS. The molecule has 1 saturated carbocycles. The second-order valence-corrected chi connectivity index (χ2v) is 9.95. The quantitative estimate of drug-likeness (QED) is 0.687. The summed E-state index contributed by atoms with van der Waals surface area (Å²) < 4.78 is 0. The zero-order chi connectivity index (χ0) is 21.3. The number of aliphatic hydroxyl groups excluding tert-OH is 1. The van der Waals surface area contributed by atoms with Crippen molar-refractivity contribution in [2.45, 2.75) is 62.5 Å². The van der Waals surface area contributed by atoms with Gasteiger partial charge in [-0.05, 0) is 49.7 Å². The minimum absolute atomic E-state index is 0.158. The fraction of sp³-hybridized carbons (Fsp3) is 0.522. The second-order valence-electron chi connectivity index (χ2n) is 8.51. The number of rotatable bonds is 4. The molecule has 158 valence electrons. The Labute approximate surface area is 187 Å². The van der Waals surface area contributed by atoms with E-state index in [0.717, 1.165) is 35.4 Å². The van der Waals surface area contributed by atoms with Gasteiger partial charge in [0.2, 0.25) is 0 Å². The summed E-state index contributed by atoms with van der Waals surface area (Å²) >= 11 is 7.53. The van der Waals surface area contributed by atoms with Crippen LogP contribution in [-0.4, -0.2) is 28.2 Å². The van der Waals surface area contributed by atoms with Crippen LogP contribution in [0.4, 0.5) is 5.82 Å². The summed E-state index contributed by atoms with van der Waals surface area (Å²) in [4.78, 5) is 12.6. The molecule has 1 aliphatic heterocycles. The molecule has 1 aliphatic carbocycles. The van der Waals surface area contributed by atoms with Gasteiger partial charge in [0, 0.05) is 18.0 Å². The molecule has 0 bridgehead atoms. The molecule has 2 heterocycles. The number of aliphatic hydroxyl groups is 1. The van der Waals surface area contributed by atoms with E-state index in [2.05, 4.69) is 17.9 Å². The molecule has 7 heteroatoms. The Morgan fingerprint density at radius 3 is 2.70 bits per heavy atom. The van der Waals surface area contributed by atoms with E-state index in [-0.39, 0.29) is 6.61 Å². The lowest BCUT2D eigenvalue weighted by atomic mass is 9.71. The average molecular weight is 443 g/mol. The Hall–Kier alpha value is -1.81. The van der Waals surface area contributed by atoms with Crippen molar-refractivity contribution in [3.05, 3.63) is 40.2 Å². The third-order valence-corrected chi connectivity index (χ3v) is 8.39. The summed E-state index contributed by atoms with van der Waals surface area (Å²) in [6, 6.07) is 7.55. The minimum atomic E-state index is -0.158. The predicted octanol–water partition coefficient (Wildman–Crippen LogP) is 5.36. The lowest BCUT2D eigenvalue weighted by Crippen LogP contribution is -2.42. The van der Waals surface area contributed by atoms with Crippen LogP contribution in [0.5, 0.6) is 0 Å².